The Morgan fingerprint density at radius 3 is 2.31 bits per heavy atom. The monoisotopic (exact) mass is 754 g/mol. The van der Waals surface area contributed by atoms with Gasteiger partial charge in [0.05, 0.1) is 36.8 Å². The van der Waals surface area contributed by atoms with E-state index in [-0.39, 0.29) is 41.9 Å². The standard InChI is InChI=1S/C41H71N9O4/c1-3-4-5-6-10-13-19-30-28-31-22-23-34-35(29(2)46-41(47-30)50(31)34)37(51)53-26-16-12-9-7-8-11-14-20-32-36(33-21-18-25-49(33)40(44)48-32)38(52)54-27-17-15-24-45-39(42)43/h29-32,34-35H,3-28H2,1-2H3,(H2,44,48)(H,46,47)(H4,42,43,45)/t29-,30-,31+,32-,34+,35+/m1/s1. The van der Waals surface area contributed by atoms with Gasteiger partial charge in [0.15, 0.2) is 17.9 Å². The number of ether oxygens (including phenoxy) is 2. The Bertz CT molecular complexity index is 1350. The normalized spacial score (nSPS) is 25.7. The van der Waals surface area contributed by atoms with Gasteiger partial charge in [0, 0.05) is 36.9 Å². The fraction of sp³-hybridized carbons (Fsp3) is 0.829. The largest absolute Gasteiger partial charge is 0.465 e. The minimum atomic E-state index is -0.278. The van der Waals surface area contributed by atoms with Gasteiger partial charge in [0.1, 0.15) is 0 Å². The molecule has 13 nitrogen and oxygen atoms in total. The second-order valence-electron chi connectivity index (χ2n) is 16.3. The molecule has 3 fully saturated rings. The number of rotatable bonds is 24. The number of nitrogens with one attached hydrogen (secondary N) is 1. The van der Waals surface area contributed by atoms with E-state index in [0.717, 1.165) is 108 Å². The maximum Gasteiger partial charge on any atom is 0.337 e. The predicted molar refractivity (Wildman–Crippen MR) is 216 cm³/mol. The van der Waals surface area contributed by atoms with Gasteiger partial charge in [-0.15, -0.1) is 0 Å². The molecule has 0 amide bonds. The van der Waals surface area contributed by atoms with Crippen LogP contribution in [0, 0.1) is 5.92 Å². The number of unbranched alkanes of at least 4 members (excludes halogenated alkanes) is 12. The fourth-order valence-corrected chi connectivity index (χ4v) is 9.30. The highest BCUT2D eigenvalue weighted by molar-refractivity contribution is 5.95. The van der Waals surface area contributed by atoms with Gasteiger partial charge in [-0.1, -0.05) is 84.0 Å². The Morgan fingerprint density at radius 1 is 0.870 bits per heavy atom. The molecule has 3 saturated heterocycles. The topological polar surface area (TPSA) is 186 Å². The van der Waals surface area contributed by atoms with Crippen molar-refractivity contribution in [2.24, 2.45) is 38.1 Å². The summed E-state index contributed by atoms with van der Waals surface area (Å²) in [5, 5.41) is 3.76. The van der Waals surface area contributed by atoms with Crippen molar-refractivity contribution in [2.45, 2.75) is 185 Å². The quantitative estimate of drug-likeness (QED) is 0.0418. The third-order valence-corrected chi connectivity index (χ3v) is 12.1. The summed E-state index contributed by atoms with van der Waals surface area (Å²) in [6.45, 7) is 6.48. The Kier molecular flexibility index (Phi) is 16.6. The van der Waals surface area contributed by atoms with E-state index in [1.807, 2.05) is 4.90 Å². The van der Waals surface area contributed by atoms with E-state index < -0.39 is 0 Å². The zero-order valence-corrected chi connectivity index (χ0v) is 33.4. The lowest BCUT2D eigenvalue weighted by molar-refractivity contribution is -0.151. The molecule has 0 unspecified atom stereocenters. The van der Waals surface area contributed by atoms with Crippen molar-refractivity contribution in [1.29, 1.82) is 0 Å². The van der Waals surface area contributed by atoms with Crippen LogP contribution >= 0.6 is 0 Å². The highest BCUT2D eigenvalue weighted by Gasteiger charge is 2.51. The molecular formula is C41H71N9O4. The van der Waals surface area contributed by atoms with Gasteiger partial charge in [-0.25, -0.2) is 14.8 Å². The van der Waals surface area contributed by atoms with Gasteiger partial charge in [0.2, 0.25) is 0 Å². The van der Waals surface area contributed by atoms with E-state index in [9.17, 15) is 9.59 Å². The number of hydrogen-bond donors (Lipinski definition) is 4. The van der Waals surface area contributed by atoms with Crippen molar-refractivity contribution in [2.75, 3.05) is 26.3 Å². The van der Waals surface area contributed by atoms with Crippen LogP contribution in [0.1, 0.15) is 155 Å². The van der Waals surface area contributed by atoms with Crippen LogP contribution in [0.2, 0.25) is 0 Å². The summed E-state index contributed by atoms with van der Waals surface area (Å²) in [6, 6.07) is 0.878. The molecule has 5 heterocycles. The summed E-state index contributed by atoms with van der Waals surface area (Å²) >= 11 is 0. The molecule has 0 aromatic carbocycles. The lowest BCUT2D eigenvalue weighted by Crippen LogP contribution is -2.63. The van der Waals surface area contributed by atoms with Gasteiger partial charge in [-0.05, 0) is 71.1 Å². The molecule has 5 rings (SSSR count). The number of fused-ring (bicyclic) bond motifs is 1. The molecule has 0 saturated carbocycles. The minimum absolute atomic E-state index is 0.0635. The van der Waals surface area contributed by atoms with E-state index in [2.05, 4.69) is 29.1 Å². The lowest BCUT2D eigenvalue weighted by Gasteiger charge is -2.46. The molecule has 0 spiro atoms. The van der Waals surface area contributed by atoms with E-state index in [4.69, 9.17) is 36.7 Å². The molecule has 5 aliphatic rings. The first kappa shape index (κ1) is 41.6. The van der Waals surface area contributed by atoms with E-state index in [1.54, 1.807) is 0 Å². The fourth-order valence-electron chi connectivity index (χ4n) is 9.30. The number of guanidine groups is 3. The van der Waals surface area contributed by atoms with Crippen molar-refractivity contribution >= 4 is 29.8 Å². The first-order valence-corrected chi connectivity index (χ1v) is 21.6. The van der Waals surface area contributed by atoms with Crippen LogP contribution in [-0.2, 0) is 19.1 Å². The van der Waals surface area contributed by atoms with Crippen molar-refractivity contribution < 1.29 is 19.1 Å². The number of esters is 2. The van der Waals surface area contributed by atoms with Crippen LogP contribution in [0.15, 0.2) is 26.2 Å². The Labute approximate surface area is 324 Å². The van der Waals surface area contributed by atoms with Crippen molar-refractivity contribution in [3.63, 3.8) is 0 Å². The van der Waals surface area contributed by atoms with Gasteiger partial charge in [0.25, 0.3) is 0 Å². The molecule has 304 valence electrons. The second-order valence-corrected chi connectivity index (χ2v) is 16.3. The third-order valence-electron chi connectivity index (χ3n) is 12.1. The molecule has 0 radical (unpaired) electrons. The van der Waals surface area contributed by atoms with E-state index in [1.165, 1.54) is 44.9 Å². The number of carbonyl (C=O) groups excluding carboxylic acids is 2. The van der Waals surface area contributed by atoms with Crippen LogP contribution in [0.5, 0.6) is 0 Å². The summed E-state index contributed by atoms with van der Waals surface area (Å²) in [6.07, 6.45) is 23.9. The van der Waals surface area contributed by atoms with Gasteiger partial charge in [-0.3, -0.25) is 9.79 Å². The summed E-state index contributed by atoms with van der Waals surface area (Å²) in [5.74, 6) is 1.08. The lowest BCUT2D eigenvalue weighted by atomic mass is 9.89. The molecule has 0 aromatic heterocycles. The van der Waals surface area contributed by atoms with Crippen LogP contribution < -0.4 is 22.5 Å². The number of nitrogens with zero attached hydrogens (tertiary/aromatic N) is 5. The van der Waals surface area contributed by atoms with Crippen molar-refractivity contribution in [3.05, 3.63) is 11.3 Å². The van der Waals surface area contributed by atoms with Crippen LogP contribution in [0.25, 0.3) is 0 Å². The van der Waals surface area contributed by atoms with Crippen LogP contribution in [0.3, 0.4) is 0 Å². The molecule has 13 heteroatoms. The predicted octanol–water partition coefficient (Wildman–Crippen LogP) is 5.61. The maximum absolute atomic E-state index is 13.4. The van der Waals surface area contributed by atoms with Gasteiger partial charge in [-0.2, -0.15) is 0 Å². The van der Waals surface area contributed by atoms with Gasteiger partial charge < -0.3 is 41.8 Å². The summed E-state index contributed by atoms with van der Waals surface area (Å²) < 4.78 is 11.6. The van der Waals surface area contributed by atoms with Gasteiger partial charge >= 0.3 is 11.9 Å². The molecule has 7 N–H and O–H groups in total. The van der Waals surface area contributed by atoms with Crippen molar-refractivity contribution in [3.8, 4) is 0 Å². The molecule has 54 heavy (non-hydrogen) atoms. The van der Waals surface area contributed by atoms with Crippen molar-refractivity contribution in [1.82, 2.24) is 15.1 Å². The third kappa shape index (κ3) is 11.5. The SMILES string of the molecule is CCCCCCCC[C@@H]1C[C@@H]2CC[C@H]3[C@@H](C(=O)OCCCCCCCCC[C@H]4N=C(N)N5CCCC5=C4C(=O)OCCCCN=C(N)N)[C@@H](C)N=C(N1)N23. The molecule has 5 aliphatic heterocycles. The zero-order valence-electron chi connectivity index (χ0n) is 33.4. The number of aliphatic imine (C=N–C) groups is 3. The van der Waals surface area contributed by atoms with Crippen LogP contribution in [0.4, 0.5) is 0 Å². The number of allylic oxidation sites excluding steroid dienone is 1. The Morgan fingerprint density at radius 2 is 1.56 bits per heavy atom. The molecule has 6 atom stereocenters. The van der Waals surface area contributed by atoms with E-state index >= 15 is 0 Å². The summed E-state index contributed by atoms with van der Waals surface area (Å²) in [5.41, 5.74) is 18.8. The summed E-state index contributed by atoms with van der Waals surface area (Å²) in [7, 11) is 0. The Balaban J connectivity index is 0.950. The first-order chi connectivity index (χ1) is 26.3. The molecule has 0 bridgehead atoms. The smallest absolute Gasteiger partial charge is 0.337 e. The molecular weight excluding hydrogens is 683 g/mol. The number of nitrogens with two attached hydrogens (primary N) is 3. The minimum Gasteiger partial charge on any atom is -0.465 e. The number of carbonyl (C=O) groups is 2. The zero-order chi connectivity index (χ0) is 38.3. The number of hydrogen-bond acceptors (Lipinski definition) is 11. The first-order valence-electron chi connectivity index (χ1n) is 21.6. The van der Waals surface area contributed by atoms with E-state index in [0.29, 0.717) is 49.8 Å². The average Bonchev–Trinajstić information content (AvgIpc) is 3.81. The molecule has 0 aliphatic carbocycles. The Hall–Kier alpha value is -3.51. The summed E-state index contributed by atoms with van der Waals surface area (Å²) in [4.78, 5) is 44.8. The highest BCUT2D eigenvalue weighted by atomic mass is 16.5. The van der Waals surface area contributed by atoms with Crippen LogP contribution in [-0.4, -0.2) is 96.1 Å². The average molecular weight is 754 g/mol. The molecule has 0 aromatic rings. The highest BCUT2D eigenvalue weighted by Crippen LogP contribution is 2.40. The maximum atomic E-state index is 13.4. The second kappa shape index (κ2) is 21.5.